The van der Waals surface area contributed by atoms with E-state index in [0.29, 0.717) is 40.0 Å². The topological polar surface area (TPSA) is 49.9 Å². The Morgan fingerprint density at radius 3 is 1.70 bits per heavy atom. The van der Waals surface area contributed by atoms with Gasteiger partial charge in [-0.3, -0.25) is 9.59 Å². The van der Waals surface area contributed by atoms with E-state index in [4.69, 9.17) is 4.74 Å². The molecule has 1 aliphatic rings. The summed E-state index contributed by atoms with van der Waals surface area (Å²) in [6, 6.07) is 54.4. The molecule has 0 bridgehead atoms. The van der Waals surface area contributed by atoms with Crippen LogP contribution in [0.1, 0.15) is 47.3 Å². The van der Waals surface area contributed by atoms with E-state index in [0.717, 1.165) is 56.9 Å². The van der Waals surface area contributed by atoms with Crippen LogP contribution in [0.2, 0.25) is 0 Å². The average molecular weight is 743 g/mol. The summed E-state index contributed by atoms with van der Waals surface area (Å²) in [5.74, 6) is 0.739. The number of allylic oxidation sites excluding steroid dienone is 4. The minimum absolute atomic E-state index is 0.0718. The number of ketones is 1. The minimum Gasteiger partial charge on any atom is -0.456 e. The molecule has 0 atom stereocenters. The molecule has 5 nitrogen and oxygen atoms in total. The van der Waals surface area contributed by atoms with Crippen LogP contribution in [0.4, 0.5) is 28.4 Å². The maximum absolute atomic E-state index is 14.7. The predicted octanol–water partition coefficient (Wildman–Crippen LogP) is 13.6. The summed E-state index contributed by atoms with van der Waals surface area (Å²) < 4.78 is 6.90. The van der Waals surface area contributed by atoms with Gasteiger partial charge in [-0.25, -0.2) is 0 Å². The van der Waals surface area contributed by atoms with Gasteiger partial charge in [0.1, 0.15) is 11.5 Å². The highest BCUT2D eigenvalue weighted by Gasteiger charge is 2.31. The first-order valence-electron chi connectivity index (χ1n) is 19.3. The number of hydrogen-bond acceptors (Lipinski definition) is 5. The number of ether oxygens (including phenoxy) is 1. The summed E-state index contributed by atoms with van der Waals surface area (Å²) in [6.07, 6.45) is 7.95. The molecule has 0 aliphatic carbocycles. The lowest BCUT2D eigenvalue weighted by Crippen LogP contribution is -2.17. The Morgan fingerprint density at radius 1 is 0.614 bits per heavy atom. The molecule has 0 N–H and O–H groups in total. The Hall–Kier alpha value is -7.24. The van der Waals surface area contributed by atoms with Gasteiger partial charge in [-0.1, -0.05) is 104 Å². The quantitative estimate of drug-likeness (QED) is 0.0330. The van der Waals surface area contributed by atoms with Crippen molar-refractivity contribution < 1.29 is 14.3 Å². The van der Waals surface area contributed by atoms with Crippen molar-refractivity contribution >= 4 is 56.9 Å². The van der Waals surface area contributed by atoms with Crippen molar-refractivity contribution in [1.82, 2.24) is 0 Å². The van der Waals surface area contributed by atoms with Crippen LogP contribution in [-0.2, 0) is 4.79 Å². The number of carbonyl (C=O) groups excluding carboxylic acids is 2. The Kier molecular flexibility index (Phi) is 10.5. The molecule has 8 rings (SSSR count). The van der Waals surface area contributed by atoms with E-state index in [2.05, 4.69) is 71.3 Å². The van der Waals surface area contributed by atoms with Crippen molar-refractivity contribution in [2.75, 3.05) is 9.80 Å². The van der Waals surface area contributed by atoms with E-state index in [-0.39, 0.29) is 11.4 Å². The van der Waals surface area contributed by atoms with Crippen LogP contribution in [0.25, 0.3) is 16.3 Å². The van der Waals surface area contributed by atoms with Gasteiger partial charge < -0.3 is 14.5 Å². The van der Waals surface area contributed by atoms with Gasteiger partial charge in [-0.2, -0.15) is 0 Å². The number of fused-ring (bicyclic) bond motifs is 3. The first kappa shape index (κ1) is 36.7. The SMILES string of the molecule is C/C=C(\C=C/CC)N(c1ccccc1)c1ccc2c(c1)Oc1cc(N(c3ccccc3)c3ccccc3)ccc1/C2=C(/C=O)C(=O)c1cc2ccccc2cc1C. The second-order valence-corrected chi connectivity index (χ2v) is 13.9. The Balaban J connectivity index is 1.35. The number of nitrogens with zero attached hydrogens (tertiary/aromatic N) is 2. The van der Waals surface area contributed by atoms with Crippen LogP contribution in [0.15, 0.2) is 193 Å². The molecule has 0 unspecified atom stereocenters. The maximum Gasteiger partial charge on any atom is 0.197 e. The number of hydrogen-bond donors (Lipinski definition) is 0. The molecule has 1 aliphatic heterocycles. The highest BCUT2D eigenvalue weighted by Crippen LogP contribution is 2.49. The molecular formula is C52H42N2O3. The zero-order chi connectivity index (χ0) is 39.3. The molecule has 5 heteroatoms. The highest BCUT2D eigenvalue weighted by molar-refractivity contribution is 6.27. The Bertz CT molecular complexity index is 2660. The largest absolute Gasteiger partial charge is 0.456 e. The molecule has 278 valence electrons. The van der Waals surface area contributed by atoms with Crippen LogP contribution in [0, 0.1) is 6.92 Å². The first-order valence-corrected chi connectivity index (χ1v) is 19.3. The summed E-state index contributed by atoms with van der Waals surface area (Å²) >= 11 is 0. The Labute approximate surface area is 334 Å². The van der Waals surface area contributed by atoms with Gasteiger partial charge in [-0.15, -0.1) is 0 Å². The number of carbonyl (C=O) groups is 2. The number of rotatable bonds is 11. The Morgan fingerprint density at radius 2 is 1.14 bits per heavy atom. The molecule has 0 amide bonds. The molecule has 0 radical (unpaired) electrons. The fraction of sp³-hybridized carbons (Fsp3) is 0.0769. The van der Waals surface area contributed by atoms with E-state index in [1.807, 2.05) is 141 Å². The second kappa shape index (κ2) is 16.2. The summed E-state index contributed by atoms with van der Waals surface area (Å²) in [6.45, 7) is 6.06. The van der Waals surface area contributed by atoms with Crippen molar-refractivity contribution in [3.05, 3.63) is 216 Å². The normalized spacial score (nSPS) is 13.1. The summed E-state index contributed by atoms with van der Waals surface area (Å²) in [5.41, 5.74) is 8.88. The van der Waals surface area contributed by atoms with Crippen LogP contribution >= 0.6 is 0 Å². The van der Waals surface area contributed by atoms with Gasteiger partial charge in [0.25, 0.3) is 0 Å². The van der Waals surface area contributed by atoms with Crippen LogP contribution in [0.3, 0.4) is 0 Å². The van der Waals surface area contributed by atoms with Crippen molar-refractivity contribution in [2.45, 2.75) is 27.2 Å². The minimum atomic E-state index is -0.336. The van der Waals surface area contributed by atoms with Crippen molar-refractivity contribution in [3.63, 3.8) is 0 Å². The molecule has 7 aromatic carbocycles. The van der Waals surface area contributed by atoms with Gasteiger partial charge in [0.2, 0.25) is 0 Å². The van der Waals surface area contributed by atoms with Crippen molar-refractivity contribution in [1.29, 1.82) is 0 Å². The first-order chi connectivity index (χ1) is 28.0. The molecule has 57 heavy (non-hydrogen) atoms. The second-order valence-electron chi connectivity index (χ2n) is 13.9. The van der Waals surface area contributed by atoms with Gasteiger partial charge >= 0.3 is 0 Å². The summed E-state index contributed by atoms with van der Waals surface area (Å²) in [4.78, 5) is 32.5. The molecule has 1 heterocycles. The molecule has 0 saturated heterocycles. The lowest BCUT2D eigenvalue weighted by Gasteiger charge is -2.31. The molecule has 0 spiro atoms. The van der Waals surface area contributed by atoms with Crippen molar-refractivity contribution in [3.8, 4) is 11.5 Å². The number of aldehydes is 1. The third-order valence-corrected chi connectivity index (χ3v) is 10.3. The number of para-hydroxylation sites is 3. The van der Waals surface area contributed by atoms with E-state index >= 15 is 0 Å². The number of Topliss-reactive ketones (excluding diaryl/α,β-unsaturated/α-hetero) is 1. The zero-order valence-corrected chi connectivity index (χ0v) is 32.2. The maximum atomic E-state index is 14.7. The molecule has 0 aromatic heterocycles. The van der Waals surface area contributed by atoms with E-state index in [9.17, 15) is 9.59 Å². The molecule has 7 aromatic rings. The molecular weight excluding hydrogens is 701 g/mol. The van der Waals surface area contributed by atoms with Gasteiger partial charge in [0, 0.05) is 68.5 Å². The van der Waals surface area contributed by atoms with Gasteiger partial charge in [0.05, 0.1) is 5.57 Å². The third kappa shape index (κ3) is 7.19. The van der Waals surface area contributed by atoms with Crippen molar-refractivity contribution in [2.24, 2.45) is 0 Å². The fourth-order valence-corrected chi connectivity index (χ4v) is 7.57. The van der Waals surface area contributed by atoms with Crippen LogP contribution in [0.5, 0.6) is 11.5 Å². The van der Waals surface area contributed by atoms with E-state index < -0.39 is 0 Å². The predicted molar refractivity (Wildman–Crippen MR) is 235 cm³/mol. The third-order valence-electron chi connectivity index (χ3n) is 10.3. The number of aryl methyl sites for hydroxylation is 1. The lowest BCUT2D eigenvalue weighted by molar-refractivity contribution is -0.104. The summed E-state index contributed by atoms with van der Waals surface area (Å²) in [5, 5.41) is 1.97. The average Bonchev–Trinajstić information content (AvgIpc) is 3.25. The van der Waals surface area contributed by atoms with Gasteiger partial charge in [-0.05, 0) is 109 Å². The lowest BCUT2D eigenvalue weighted by atomic mass is 9.85. The monoisotopic (exact) mass is 742 g/mol. The van der Waals surface area contributed by atoms with E-state index in [1.165, 1.54) is 0 Å². The zero-order valence-electron chi connectivity index (χ0n) is 32.2. The number of anilines is 5. The number of benzene rings is 7. The fourth-order valence-electron chi connectivity index (χ4n) is 7.57. The van der Waals surface area contributed by atoms with Crippen LogP contribution in [-0.4, -0.2) is 12.1 Å². The molecule has 0 saturated carbocycles. The van der Waals surface area contributed by atoms with Gasteiger partial charge in [0.15, 0.2) is 12.1 Å². The smallest absolute Gasteiger partial charge is 0.197 e. The van der Waals surface area contributed by atoms with Crippen LogP contribution < -0.4 is 14.5 Å². The standard InChI is InChI=1S/C52H42N2O3/c1-4-6-20-39(5-2)53(40-21-10-7-11-22-40)43-27-29-45-49(33-43)57-50-34-44(54(41-23-12-8-13-24-41)42-25-14-9-15-26-42)28-30-46(50)51(45)48(35-55)52(56)47-32-38-19-17-16-18-37(38)31-36(47)3/h5-35H,4H2,1-3H3/b20-6-,39-5+,51-48-. The molecule has 0 fully saturated rings. The summed E-state index contributed by atoms with van der Waals surface area (Å²) in [7, 11) is 0. The van der Waals surface area contributed by atoms with E-state index in [1.54, 1.807) is 0 Å². The highest BCUT2D eigenvalue weighted by atomic mass is 16.5.